The summed E-state index contributed by atoms with van der Waals surface area (Å²) in [5, 5.41) is 9.46. The Labute approximate surface area is 155 Å². The van der Waals surface area contributed by atoms with Crippen LogP contribution in [-0.2, 0) is 9.59 Å². The van der Waals surface area contributed by atoms with Crippen LogP contribution in [0.25, 0.3) is 0 Å². The Morgan fingerprint density at radius 1 is 1.27 bits per heavy atom. The number of carbonyl (C=O) groups is 2. The highest BCUT2D eigenvalue weighted by atomic mass is 19.1. The van der Waals surface area contributed by atoms with Crippen molar-refractivity contribution in [3.63, 3.8) is 0 Å². The van der Waals surface area contributed by atoms with Crippen LogP contribution in [0.3, 0.4) is 0 Å². The fraction of sp³-hybridized carbons (Fsp3) is 0.818. The fourth-order valence-electron chi connectivity index (χ4n) is 7.71. The maximum absolute atomic E-state index is 15.2. The highest BCUT2D eigenvalue weighted by Gasteiger charge is 2.63. The van der Waals surface area contributed by atoms with Gasteiger partial charge in [0.1, 0.15) is 12.8 Å². The summed E-state index contributed by atoms with van der Waals surface area (Å²) in [5.74, 6) is 1.20. The molecular weight excluding hydrogens is 331 g/mol. The molecule has 0 aliphatic heterocycles. The van der Waals surface area contributed by atoms with Crippen LogP contribution in [-0.4, -0.2) is 29.5 Å². The van der Waals surface area contributed by atoms with Gasteiger partial charge in [-0.05, 0) is 78.3 Å². The SMILES string of the molecule is C[C@@H]1C[C@H]2[C@@H]3C[C@H](F)C4=CC(=O)CC[C@]4(C)[C@H]3CC[C@]2(C)[C@H]1C(=O)CO. The molecule has 8 atom stereocenters. The second-order valence-corrected chi connectivity index (χ2v) is 9.92. The van der Waals surface area contributed by atoms with Gasteiger partial charge >= 0.3 is 0 Å². The van der Waals surface area contributed by atoms with Crippen LogP contribution in [0, 0.1) is 40.4 Å². The maximum Gasteiger partial charge on any atom is 0.162 e. The Balaban J connectivity index is 1.71. The fourth-order valence-corrected chi connectivity index (χ4v) is 7.71. The van der Waals surface area contributed by atoms with Crippen molar-refractivity contribution in [2.24, 2.45) is 40.4 Å². The van der Waals surface area contributed by atoms with Crippen molar-refractivity contribution in [3.05, 3.63) is 11.6 Å². The number of ketones is 2. The van der Waals surface area contributed by atoms with Crippen LogP contribution < -0.4 is 0 Å². The topological polar surface area (TPSA) is 54.4 Å². The molecule has 0 aromatic rings. The van der Waals surface area contributed by atoms with Crippen molar-refractivity contribution in [2.45, 2.75) is 65.5 Å². The zero-order valence-corrected chi connectivity index (χ0v) is 16.1. The highest BCUT2D eigenvalue weighted by Crippen LogP contribution is 2.67. The molecule has 1 N–H and O–H groups in total. The second kappa shape index (κ2) is 5.98. The molecule has 0 unspecified atom stereocenters. The van der Waals surface area contributed by atoms with Crippen LogP contribution in [0.15, 0.2) is 11.6 Å². The summed E-state index contributed by atoms with van der Waals surface area (Å²) in [6.07, 6.45) is 5.27. The Hall–Kier alpha value is -1.03. The number of allylic oxidation sites excluding steroid dienone is 1. The minimum Gasteiger partial charge on any atom is -0.389 e. The molecule has 4 heteroatoms. The van der Waals surface area contributed by atoms with Gasteiger partial charge in [0.2, 0.25) is 0 Å². The standard InChI is InChI=1S/C22H31FO3/c1-12-8-16-14-10-18(23)17-9-13(25)4-6-21(17,2)15(14)5-7-22(16,3)20(12)19(26)11-24/h9,12,14-16,18,20,24H,4-8,10-11H2,1-3H3/t12-,14-,15+,16+,18+,20-,21-,22+/m1/s1. The zero-order chi connectivity index (χ0) is 18.9. The molecule has 3 saturated carbocycles. The molecule has 0 amide bonds. The molecule has 0 bridgehead atoms. The number of hydrogen-bond acceptors (Lipinski definition) is 3. The maximum atomic E-state index is 15.2. The van der Waals surface area contributed by atoms with Crippen LogP contribution in [0.4, 0.5) is 4.39 Å². The lowest BCUT2D eigenvalue weighted by molar-refractivity contribution is -0.135. The van der Waals surface area contributed by atoms with Gasteiger partial charge in [-0.1, -0.05) is 20.8 Å². The molecule has 0 aromatic carbocycles. The van der Waals surface area contributed by atoms with E-state index in [1.807, 2.05) is 0 Å². The minimum atomic E-state index is -1.03. The van der Waals surface area contributed by atoms with Crippen molar-refractivity contribution in [3.8, 4) is 0 Å². The normalized spacial score (nSPS) is 50.5. The van der Waals surface area contributed by atoms with E-state index in [0.29, 0.717) is 24.7 Å². The molecule has 0 spiro atoms. The smallest absolute Gasteiger partial charge is 0.162 e. The molecule has 0 aromatic heterocycles. The van der Waals surface area contributed by atoms with Crippen molar-refractivity contribution in [1.82, 2.24) is 0 Å². The molecular formula is C22H31FO3. The predicted octanol–water partition coefficient (Wildman–Crippen LogP) is 3.89. The van der Waals surface area contributed by atoms with E-state index in [2.05, 4.69) is 20.8 Å². The lowest BCUT2D eigenvalue weighted by Gasteiger charge is -2.58. The number of fused-ring (bicyclic) bond motifs is 5. The first-order valence-electron chi connectivity index (χ1n) is 10.2. The first-order chi connectivity index (χ1) is 12.2. The third-order valence-corrected chi connectivity index (χ3v) is 8.78. The van der Waals surface area contributed by atoms with Gasteiger partial charge in [-0.25, -0.2) is 4.39 Å². The summed E-state index contributed by atoms with van der Waals surface area (Å²) in [5.41, 5.74) is 0.412. The van der Waals surface area contributed by atoms with E-state index in [1.54, 1.807) is 6.08 Å². The van der Waals surface area contributed by atoms with Gasteiger partial charge in [0.05, 0.1) is 0 Å². The lowest BCUT2D eigenvalue weighted by Crippen LogP contribution is -2.53. The minimum absolute atomic E-state index is 0.0383. The molecule has 0 saturated heterocycles. The van der Waals surface area contributed by atoms with Crippen molar-refractivity contribution in [1.29, 1.82) is 0 Å². The monoisotopic (exact) mass is 362 g/mol. The van der Waals surface area contributed by atoms with Crippen LogP contribution in [0.5, 0.6) is 0 Å². The number of Topliss-reactive ketones (excluding diaryl/α,β-unsaturated/α-hetero) is 1. The molecule has 4 aliphatic carbocycles. The first-order valence-corrected chi connectivity index (χ1v) is 10.2. The summed E-state index contributed by atoms with van der Waals surface area (Å²) in [6, 6.07) is 0. The highest BCUT2D eigenvalue weighted by molar-refractivity contribution is 5.92. The van der Waals surface area contributed by atoms with E-state index in [1.165, 1.54) is 0 Å². The number of halogens is 1. The van der Waals surface area contributed by atoms with E-state index < -0.39 is 6.17 Å². The van der Waals surface area contributed by atoms with Gasteiger partial charge < -0.3 is 5.11 Å². The van der Waals surface area contributed by atoms with Crippen LogP contribution in [0.1, 0.15) is 59.3 Å². The summed E-state index contributed by atoms with van der Waals surface area (Å²) in [4.78, 5) is 24.4. The number of hydrogen-bond donors (Lipinski definition) is 1. The largest absolute Gasteiger partial charge is 0.389 e. The van der Waals surface area contributed by atoms with Gasteiger partial charge in [-0.2, -0.15) is 0 Å². The average molecular weight is 362 g/mol. The zero-order valence-electron chi connectivity index (χ0n) is 16.1. The number of rotatable bonds is 2. The van der Waals surface area contributed by atoms with E-state index in [9.17, 15) is 14.7 Å². The Morgan fingerprint density at radius 3 is 2.69 bits per heavy atom. The lowest BCUT2D eigenvalue weighted by atomic mass is 9.46. The Morgan fingerprint density at radius 2 is 2.00 bits per heavy atom. The van der Waals surface area contributed by atoms with E-state index in [-0.39, 0.29) is 46.8 Å². The third kappa shape index (κ3) is 2.33. The van der Waals surface area contributed by atoms with Gasteiger partial charge in [0, 0.05) is 12.3 Å². The van der Waals surface area contributed by atoms with Crippen molar-refractivity contribution in [2.75, 3.05) is 6.61 Å². The molecule has 4 aliphatic rings. The summed E-state index contributed by atoms with van der Waals surface area (Å²) >= 11 is 0. The summed E-state index contributed by atoms with van der Waals surface area (Å²) in [7, 11) is 0. The van der Waals surface area contributed by atoms with Gasteiger partial charge in [0.25, 0.3) is 0 Å². The second-order valence-electron chi connectivity index (χ2n) is 9.92. The average Bonchev–Trinajstić information content (AvgIpc) is 2.86. The number of alkyl halides is 1. The molecule has 144 valence electrons. The Kier molecular flexibility index (Phi) is 4.22. The van der Waals surface area contributed by atoms with Crippen molar-refractivity contribution < 1.29 is 19.1 Å². The summed E-state index contributed by atoms with van der Waals surface area (Å²) in [6.45, 7) is 6.12. The number of aliphatic hydroxyl groups is 1. The molecule has 4 rings (SSSR count). The van der Waals surface area contributed by atoms with Crippen LogP contribution in [0.2, 0.25) is 0 Å². The molecule has 3 fully saturated rings. The third-order valence-electron chi connectivity index (χ3n) is 8.78. The molecule has 0 heterocycles. The predicted molar refractivity (Wildman–Crippen MR) is 97.1 cm³/mol. The van der Waals surface area contributed by atoms with Crippen LogP contribution >= 0.6 is 0 Å². The molecule has 3 nitrogen and oxygen atoms in total. The van der Waals surface area contributed by atoms with Gasteiger partial charge in [-0.15, -0.1) is 0 Å². The first kappa shape index (κ1) is 18.3. The molecule has 26 heavy (non-hydrogen) atoms. The molecule has 0 radical (unpaired) electrons. The number of carbonyl (C=O) groups excluding carboxylic acids is 2. The quantitative estimate of drug-likeness (QED) is 0.811. The summed E-state index contributed by atoms with van der Waals surface area (Å²) < 4.78 is 15.2. The van der Waals surface area contributed by atoms with Crippen molar-refractivity contribution >= 4 is 11.6 Å². The Bertz CT molecular complexity index is 670. The number of aliphatic hydroxyl groups excluding tert-OH is 1. The van der Waals surface area contributed by atoms with E-state index in [4.69, 9.17) is 0 Å². The van der Waals surface area contributed by atoms with Gasteiger partial charge in [-0.3, -0.25) is 9.59 Å². The van der Waals surface area contributed by atoms with Gasteiger partial charge in [0.15, 0.2) is 11.6 Å². The van der Waals surface area contributed by atoms with E-state index in [0.717, 1.165) is 31.3 Å². The van der Waals surface area contributed by atoms with E-state index >= 15 is 4.39 Å².